The van der Waals surface area contributed by atoms with Crippen molar-refractivity contribution in [2.24, 2.45) is 0 Å². The highest BCUT2D eigenvalue weighted by atomic mass is 35.5. The molecule has 0 unspecified atom stereocenters. The molecule has 0 fully saturated rings. The van der Waals surface area contributed by atoms with Crippen molar-refractivity contribution in [1.29, 1.82) is 0 Å². The fraction of sp³-hybridized carbons (Fsp3) is 0.455. The summed E-state index contributed by atoms with van der Waals surface area (Å²) in [6.45, 7) is 6.17. The van der Waals surface area contributed by atoms with E-state index >= 15 is 0 Å². The summed E-state index contributed by atoms with van der Waals surface area (Å²) >= 11 is 12.4. The molecule has 0 radical (unpaired) electrons. The number of nitrogens with one attached hydrogen (secondary N) is 1. The molecule has 14 heavy (non-hydrogen) atoms. The van der Waals surface area contributed by atoms with Crippen LogP contribution < -0.4 is 5.32 Å². The monoisotopic (exact) mass is 231 g/mol. The first-order chi connectivity index (χ1) is 6.49. The van der Waals surface area contributed by atoms with Crippen LogP contribution >= 0.6 is 23.2 Å². The van der Waals surface area contributed by atoms with Gasteiger partial charge in [0, 0.05) is 17.8 Å². The molecule has 0 spiro atoms. The van der Waals surface area contributed by atoms with E-state index in [0.717, 1.165) is 26.9 Å². The summed E-state index contributed by atoms with van der Waals surface area (Å²) in [5.74, 6) is 0.347. The smallest absolute Gasteiger partial charge is 0.0505 e. The number of anilines is 1. The molecule has 1 nitrogen and oxygen atoms in total. The summed E-state index contributed by atoms with van der Waals surface area (Å²) in [7, 11) is 1.87. The molecule has 1 rings (SSSR count). The second-order valence-electron chi connectivity index (χ2n) is 3.66. The second-order valence-corrected chi connectivity index (χ2v) is 4.45. The predicted octanol–water partition coefficient (Wildman–Crippen LogP) is 4.47. The lowest BCUT2D eigenvalue weighted by atomic mass is 10.00. The van der Waals surface area contributed by atoms with Gasteiger partial charge in [-0.15, -0.1) is 0 Å². The second kappa shape index (κ2) is 4.41. The third kappa shape index (κ3) is 1.99. The van der Waals surface area contributed by atoms with E-state index in [9.17, 15) is 0 Å². The van der Waals surface area contributed by atoms with Crippen LogP contribution in [0.5, 0.6) is 0 Å². The van der Waals surface area contributed by atoms with Crippen molar-refractivity contribution >= 4 is 28.9 Å². The maximum Gasteiger partial charge on any atom is 0.0505 e. The van der Waals surface area contributed by atoms with E-state index in [-0.39, 0.29) is 0 Å². The molecule has 78 valence electrons. The minimum Gasteiger partial charge on any atom is -0.388 e. The third-order valence-corrected chi connectivity index (χ3v) is 3.14. The zero-order chi connectivity index (χ0) is 10.9. The SMILES string of the molecule is CNc1cc(Cl)c(C(C)C)c(Cl)c1C. The fourth-order valence-electron chi connectivity index (χ4n) is 1.53. The van der Waals surface area contributed by atoms with Gasteiger partial charge in [-0.1, -0.05) is 37.0 Å². The molecule has 0 heterocycles. The number of halogens is 2. The van der Waals surface area contributed by atoms with Crippen molar-refractivity contribution < 1.29 is 0 Å². The van der Waals surface area contributed by atoms with Crippen LogP contribution in [0.25, 0.3) is 0 Å². The quantitative estimate of drug-likeness (QED) is 0.793. The van der Waals surface area contributed by atoms with Gasteiger partial charge in [-0.3, -0.25) is 0 Å². The normalized spacial score (nSPS) is 10.8. The number of rotatable bonds is 2. The van der Waals surface area contributed by atoms with E-state index in [1.807, 2.05) is 20.0 Å². The van der Waals surface area contributed by atoms with Gasteiger partial charge < -0.3 is 5.32 Å². The molecule has 3 heteroatoms. The number of hydrogen-bond donors (Lipinski definition) is 1. The lowest BCUT2D eigenvalue weighted by Gasteiger charge is -2.16. The van der Waals surface area contributed by atoms with Crippen LogP contribution in [0.1, 0.15) is 30.9 Å². The summed E-state index contributed by atoms with van der Waals surface area (Å²) in [6, 6.07) is 1.93. The summed E-state index contributed by atoms with van der Waals surface area (Å²) in [4.78, 5) is 0. The van der Waals surface area contributed by atoms with Crippen LogP contribution in [0.15, 0.2) is 6.07 Å². The first kappa shape index (κ1) is 11.7. The molecule has 0 aliphatic heterocycles. The third-order valence-electron chi connectivity index (χ3n) is 2.34. The average molecular weight is 232 g/mol. The van der Waals surface area contributed by atoms with Gasteiger partial charge >= 0.3 is 0 Å². The molecular formula is C11H15Cl2N. The summed E-state index contributed by atoms with van der Waals surface area (Å²) < 4.78 is 0. The first-order valence-corrected chi connectivity index (χ1v) is 5.40. The maximum atomic E-state index is 6.25. The molecule has 0 aliphatic carbocycles. The van der Waals surface area contributed by atoms with Crippen molar-refractivity contribution in [3.8, 4) is 0 Å². The molecule has 0 bridgehead atoms. The standard InChI is InChI=1S/C11H15Cl2N/c1-6(2)10-8(12)5-9(14-4)7(3)11(10)13/h5-6,14H,1-4H3. The van der Waals surface area contributed by atoms with Crippen molar-refractivity contribution in [2.75, 3.05) is 12.4 Å². The van der Waals surface area contributed by atoms with E-state index in [1.165, 1.54) is 0 Å². The zero-order valence-corrected chi connectivity index (χ0v) is 10.4. The first-order valence-electron chi connectivity index (χ1n) is 4.65. The Morgan fingerprint density at radius 2 is 1.86 bits per heavy atom. The maximum absolute atomic E-state index is 6.25. The van der Waals surface area contributed by atoms with Crippen molar-refractivity contribution in [3.05, 3.63) is 27.2 Å². The number of hydrogen-bond acceptors (Lipinski definition) is 1. The van der Waals surface area contributed by atoms with Crippen LogP contribution in [-0.2, 0) is 0 Å². The molecule has 1 aromatic rings. The molecular weight excluding hydrogens is 217 g/mol. The lowest BCUT2D eigenvalue weighted by molar-refractivity contribution is 0.865. The van der Waals surface area contributed by atoms with Crippen LogP contribution in [0.2, 0.25) is 10.0 Å². The van der Waals surface area contributed by atoms with Gasteiger partial charge in [0.2, 0.25) is 0 Å². The molecule has 0 saturated heterocycles. The molecule has 0 saturated carbocycles. The highest BCUT2D eigenvalue weighted by Crippen LogP contribution is 2.37. The van der Waals surface area contributed by atoms with Crippen molar-refractivity contribution in [2.45, 2.75) is 26.7 Å². The molecule has 1 aromatic carbocycles. The Balaban J connectivity index is 3.41. The average Bonchev–Trinajstić information content (AvgIpc) is 2.10. The highest BCUT2D eigenvalue weighted by molar-refractivity contribution is 6.37. The van der Waals surface area contributed by atoms with Gasteiger partial charge in [0.1, 0.15) is 0 Å². The minimum atomic E-state index is 0.347. The van der Waals surface area contributed by atoms with Gasteiger partial charge in [-0.2, -0.15) is 0 Å². The summed E-state index contributed by atoms with van der Waals surface area (Å²) in [6.07, 6.45) is 0. The van der Waals surface area contributed by atoms with Gasteiger partial charge in [-0.05, 0) is 30.0 Å². The molecule has 0 atom stereocenters. The van der Waals surface area contributed by atoms with E-state index < -0.39 is 0 Å². The Morgan fingerprint density at radius 3 is 2.29 bits per heavy atom. The van der Waals surface area contributed by atoms with Crippen molar-refractivity contribution in [3.63, 3.8) is 0 Å². The molecule has 0 aromatic heterocycles. The van der Waals surface area contributed by atoms with Crippen LogP contribution in [0.4, 0.5) is 5.69 Å². The van der Waals surface area contributed by atoms with E-state index in [4.69, 9.17) is 23.2 Å². The Labute approximate surface area is 95.4 Å². The van der Waals surface area contributed by atoms with E-state index in [2.05, 4.69) is 19.2 Å². The Hall–Kier alpha value is -0.400. The Kier molecular flexibility index (Phi) is 3.68. The zero-order valence-electron chi connectivity index (χ0n) is 8.91. The van der Waals surface area contributed by atoms with Crippen LogP contribution in [0, 0.1) is 6.92 Å². The summed E-state index contributed by atoms with van der Waals surface area (Å²) in [5, 5.41) is 4.59. The number of benzene rings is 1. The van der Waals surface area contributed by atoms with E-state index in [1.54, 1.807) is 0 Å². The van der Waals surface area contributed by atoms with Gasteiger partial charge in [-0.25, -0.2) is 0 Å². The van der Waals surface area contributed by atoms with Gasteiger partial charge in [0.05, 0.1) is 5.02 Å². The topological polar surface area (TPSA) is 12.0 Å². The largest absolute Gasteiger partial charge is 0.388 e. The predicted molar refractivity (Wildman–Crippen MR) is 64.8 cm³/mol. The van der Waals surface area contributed by atoms with Crippen LogP contribution in [-0.4, -0.2) is 7.05 Å². The molecule has 0 amide bonds. The van der Waals surface area contributed by atoms with Gasteiger partial charge in [0.25, 0.3) is 0 Å². The summed E-state index contributed by atoms with van der Waals surface area (Å²) in [5.41, 5.74) is 3.08. The lowest BCUT2D eigenvalue weighted by Crippen LogP contribution is -1.98. The molecule has 0 aliphatic rings. The Morgan fingerprint density at radius 1 is 1.29 bits per heavy atom. The highest BCUT2D eigenvalue weighted by Gasteiger charge is 2.14. The van der Waals surface area contributed by atoms with Crippen molar-refractivity contribution in [1.82, 2.24) is 0 Å². The Bertz CT molecular complexity index is 346. The molecule has 1 N–H and O–H groups in total. The van der Waals surface area contributed by atoms with Crippen LogP contribution in [0.3, 0.4) is 0 Å². The van der Waals surface area contributed by atoms with E-state index in [0.29, 0.717) is 5.92 Å². The minimum absolute atomic E-state index is 0.347. The van der Waals surface area contributed by atoms with Gasteiger partial charge in [0.15, 0.2) is 0 Å². The fourth-order valence-corrected chi connectivity index (χ4v) is 2.42.